The quantitative estimate of drug-likeness (QED) is 0.418. The molecule has 7 nitrogen and oxygen atoms in total. The molecule has 2 aromatic carbocycles. The molecule has 0 unspecified atom stereocenters. The summed E-state index contributed by atoms with van der Waals surface area (Å²) in [5, 5.41) is 9.34. The Labute approximate surface area is 161 Å². The second-order valence-corrected chi connectivity index (χ2v) is 6.17. The van der Waals surface area contributed by atoms with Crippen LogP contribution in [0, 0.1) is 6.92 Å². The predicted octanol–water partition coefficient (Wildman–Crippen LogP) is 3.11. The third-order valence-corrected chi connectivity index (χ3v) is 3.84. The van der Waals surface area contributed by atoms with E-state index in [2.05, 4.69) is 21.2 Å². The number of halogens is 1. The summed E-state index contributed by atoms with van der Waals surface area (Å²) in [6.07, 6.45) is -0.0646. The summed E-state index contributed by atoms with van der Waals surface area (Å²) in [6.45, 7) is 3.37. The summed E-state index contributed by atoms with van der Waals surface area (Å²) >= 11 is 5.97. The van der Waals surface area contributed by atoms with Crippen LogP contribution in [0.5, 0.6) is 0 Å². The summed E-state index contributed by atoms with van der Waals surface area (Å²) in [7, 11) is 0. The van der Waals surface area contributed by atoms with Crippen molar-refractivity contribution in [1.29, 1.82) is 0 Å². The van der Waals surface area contributed by atoms with E-state index in [0.29, 0.717) is 22.1 Å². The third-order valence-electron chi connectivity index (χ3n) is 3.51. The van der Waals surface area contributed by atoms with Gasteiger partial charge in [0, 0.05) is 11.4 Å². The van der Waals surface area contributed by atoms with Gasteiger partial charge in [-0.15, -0.1) is 0 Å². The highest BCUT2D eigenvalue weighted by Crippen LogP contribution is 2.20. The molecular formula is C19H19ClN4O3. The highest BCUT2D eigenvalue weighted by molar-refractivity contribution is 6.39. The van der Waals surface area contributed by atoms with Crippen LogP contribution in [-0.4, -0.2) is 23.4 Å². The standard InChI is InChI=1S/C19H19ClN4O3/c1-12-7-3-5-9-15(12)22-18(26)19(27)24-23-13(2)11-17(25)21-16-10-6-4-8-14(16)20/h3-10H,11H2,1-2H3,(H,21,25)(H,22,26)(H,24,27). The fraction of sp³-hybridized carbons (Fsp3) is 0.158. The largest absolute Gasteiger partial charge is 0.329 e. The zero-order valence-corrected chi connectivity index (χ0v) is 15.6. The smallest absolute Gasteiger partial charge is 0.324 e. The molecular weight excluding hydrogens is 368 g/mol. The highest BCUT2D eigenvalue weighted by atomic mass is 35.5. The van der Waals surface area contributed by atoms with Gasteiger partial charge in [0.05, 0.1) is 17.1 Å². The number of hydrogen-bond donors (Lipinski definition) is 3. The van der Waals surface area contributed by atoms with Gasteiger partial charge in [0.15, 0.2) is 0 Å². The van der Waals surface area contributed by atoms with Crippen molar-refractivity contribution in [2.45, 2.75) is 20.3 Å². The molecule has 2 rings (SSSR count). The molecule has 2 aromatic rings. The first kappa shape index (κ1) is 20.1. The van der Waals surface area contributed by atoms with Crippen LogP contribution in [0.15, 0.2) is 53.6 Å². The van der Waals surface area contributed by atoms with Crippen molar-refractivity contribution in [3.05, 3.63) is 59.1 Å². The minimum absolute atomic E-state index is 0.0646. The van der Waals surface area contributed by atoms with Crippen LogP contribution in [0.1, 0.15) is 18.9 Å². The van der Waals surface area contributed by atoms with E-state index in [1.54, 1.807) is 43.3 Å². The number of hydrazone groups is 1. The minimum Gasteiger partial charge on any atom is -0.324 e. The maximum atomic E-state index is 12.0. The molecule has 0 atom stereocenters. The van der Waals surface area contributed by atoms with Gasteiger partial charge in [0.1, 0.15) is 0 Å². The van der Waals surface area contributed by atoms with Gasteiger partial charge in [-0.2, -0.15) is 5.10 Å². The molecule has 8 heteroatoms. The lowest BCUT2D eigenvalue weighted by atomic mass is 10.2. The van der Waals surface area contributed by atoms with E-state index in [1.807, 2.05) is 19.1 Å². The average Bonchev–Trinajstić information content (AvgIpc) is 2.63. The van der Waals surface area contributed by atoms with Crippen molar-refractivity contribution in [2.24, 2.45) is 5.10 Å². The van der Waals surface area contributed by atoms with Crippen molar-refractivity contribution < 1.29 is 14.4 Å². The SMILES string of the molecule is CC(CC(=O)Nc1ccccc1Cl)=NNC(=O)C(=O)Nc1ccccc1C. The molecule has 0 aliphatic carbocycles. The first-order chi connectivity index (χ1) is 12.9. The maximum absolute atomic E-state index is 12.0. The van der Waals surface area contributed by atoms with Gasteiger partial charge in [0.25, 0.3) is 0 Å². The molecule has 0 saturated carbocycles. The van der Waals surface area contributed by atoms with Gasteiger partial charge in [-0.25, -0.2) is 5.43 Å². The molecule has 0 aliphatic heterocycles. The Bertz CT molecular complexity index is 896. The van der Waals surface area contributed by atoms with Crippen molar-refractivity contribution in [1.82, 2.24) is 5.43 Å². The monoisotopic (exact) mass is 386 g/mol. The van der Waals surface area contributed by atoms with Crippen molar-refractivity contribution in [3.8, 4) is 0 Å². The Morgan fingerprint density at radius 2 is 1.56 bits per heavy atom. The third kappa shape index (κ3) is 6.23. The molecule has 3 N–H and O–H groups in total. The zero-order chi connectivity index (χ0) is 19.8. The molecule has 0 aliphatic rings. The molecule has 0 spiro atoms. The van der Waals surface area contributed by atoms with Crippen molar-refractivity contribution in [2.75, 3.05) is 10.6 Å². The number of aryl methyl sites for hydroxylation is 1. The number of nitrogens with zero attached hydrogens (tertiary/aromatic N) is 1. The molecule has 0 aromatic heterocycles. The molecule has 0 fully saturated rings. The minimum atomic E-state index is -0.927. The zero-order valence-electron chi connectivity index (χ0n) is 14.9. The number of nitrogens with one attached hydrogen (secondary N) is 3. The lowest BCUT2D eigenvalue weighted by Crippen LogP contribution is -2.33. The van der Waals surface area contributed by atoms with E-state index in [1.165, 1.54) is 0 Å². The Morgan fingerprint density at radius 1 is 0.926 bits per heavy atom. The molecule has 140 valence electrons. The van der Waals surface area contributed by atoms with Gasteiger partial charge < -0.3 is 10.6 Å². The average molecular weight is 387 g/mol. The Kier molecular flexibility index (Phi) is 7.08. The van der Waals surface area contributed by atoms with Crippen LogP contribution in [-0.2, 0) is 14.4 Å². The van der Waals surface area contributed by atoms with E-state index in [-0.39, 0.29) is 12.3 Å². The van der Waals surface area contributed by atoms with Gasteiger partial charge in [-0.1, -0.05) is 41.9 Å². The number of benzene rings is 2. The number of carbonyl (C=O) groups is 3. The van der Waals surface area contributed by atoms with E-state index >= 15 is 0 Å². The van der Waals surface area contributed by atoms with Crippen LogP contribution in [0.25, 0.3) is 0 Å². The normalized spacial score (nSPS) is 10.9. The summed E-state index contributed by atoms with van der Waals surface area (Å²) < 4.78 is 0. The summed E-state index contributed by atoms with van der Waals surface area (Å²) in [4.78, 5) is 35.7. The number of para-hydroxylation sites is 2. The fourth-order valence-electron chi connectivity index (χ4n) is 2.12. The van der Waals surface area contributed by atoms with E-state index < -0.39 is 11.8 Å². The fourth-order valence-corrected chi connectivity index (χ4v) is 2.30. The van der Waals surface area contributed by atoms with E-state index in [9.17, 15) is 14.4 Å². The van der Waals surface area contributed by atoms with E-state index in [4.69, 9.17) is 11.6 Å². The van der Waals surface area contributed by atoms with Gasteiger partial charge in [-0.05, 0) is 37.6 Å². The Morgan fingerprint density at radius 3 is 2.22 bits per heavy atom. The Balaban J connectivity index is 1.86. The number of amides is 3. The molecule has 0 heterocycles. The number of hydrogen-bond acceptors (Lipinski definition) is 4. The molecule has 0 radical (unpaired) electrons. The molecule has 0 bridgehead atoms. The van der Waals surface area contributed by atoms with Crippen LogP contribution < -0.4 is 16.1 Å². The number of anilines is 2. The summed E-state index contributed by atoms with van der Waals surface area (Å²) in [6, 6.07) is 13.9. The molecule has 0 saturated heterocycles. The van der Waals surface area contributed by atoms with Crippen LogP contribution in [0.3, 0.4) is 0 Å². The summed E-state index contributed by atoms with van der Waals surface area (Å²) in [5.41, 5.74) is 4.32. The second kappa shape index (κ2) is 9.49. The predicted molar refractivity (Wildman–Crippen MR) is 106 cm³/mol. The van der Waals surface area contributed by atoms with Crippen LogP contribution in [0.4, 0.5) is 11.4 Å². The van der Waals surface area contributed by atoms with Crippen LogP contribution >= 0.6 is 11.6 Å². The second-order valence-electron chi connectivity index (χ2n) is 5.76. The number of carbonyl (C=O) groups excluding carboxylic acids is 3. The lowest BCUT2D eigenvalue weighted by Gasteiger charge is -2.08. The van der Waals surface area contributed by atoms with Gasteiger partial charge in [0.2, 0.25) is 5.91 Å². The Hall–Kier alpha value is -3.19. The lowest BCUT2D eigenvalue weighted by molar-refractivity contribution is -0.136. The highest BCUT2D eigenvalue weighted by Gasteiger charge is 2.14. The topological polar surface area (TPSA) is 99.7 Å². The number of rotatable bonds is 5. The van der Waals surface area contributed by atoms with Gasteiger partial charge >= 0.3 is 11.8 Å². The molecule has 3 amide bonds. The maximum Gasteiger partial charge on any atom is 0.329 e. The van der Waals surface area contributed by atoms with Crippen molar-refractivity contribution >= 4 is 46.4 Å². The molecule has 27 heavy (non-hydrogen) atoms. The van der Waals surface area contributed by atoms with Crippen LogP contribution in [0.2, 0.25) is 5.02 Å². The first-order valence-electron chi connectivity index (χ1n) is 8.11. The summed E-state index contributed by atoms with van der Waals surface area (Å²) in [5.74, 6) is -2.12. The van der Waals surface area contributed by atoms with E-state index in [0.717, 1.165) is 5.56 Å². The van der Waals surface area contributed by atoms with Crippen molar-refractivity contribution in [3.63, 3.8) is 0 Å². The first-order valence-corrected chi connectivity index (χ1v) is 8.49. The van der Waals surface area contributed by atoms with Gasteiger partial charge in [-0.3, -0.25) is 14.4 Å².